The molecule has 1 N–H and O–H groups in total. The number of aromatic nitrogens is 4. The third kappa shape index (κ3) is 7.85. The fourth-order valence-corrected chi connectivity index (χ4v) is 10.9. The van der Waals surface area contributed by atoms with Gasteiger partial charge in [-0.3, -0.25) is 13.9 Å². The summed E-state index contributed by atoms with van der Waals surface area (Å²) >= 11 is 2.31. The fourth-order valence-electron chi connectivity index (χ4n) is 8.17. The summed E-state index contributed by atoms with van der Waals surface area (Å²) in [5.74, 6) is -3.86. The number of rotatable bonds is 13. The quantitative estimate of drug-likeness (QED) is 0.0709. The Morgan fingerprint density at radius 2 is 1.18 bits per heavy atom. The second-order valence-electron chi connectivity index (χ2n) is 15.0. The first-order valence-corrected chi connectivity index (χ1v) is 21.7. The number of aryl methyl sites for hydroxylation is 2. The van der Waals surface area contributed by atoms with E-state index in [4.69, 9.17) is 0 Å². The van der Waals surface area contributed by atoms with Crippen LogP contribution in [-0.4, -0.2) is 44.9 Å². The molecule has 4 heterocycles. The Bertz CT molecular complexity index is 2550. The minimum absolute atomic E-state index is 0.0134. The van der Waals surface area contributed by atoms with E-state index in [1.54, 1.807) is 4.68 Å². The van der Waals surface area contributed by atoms with Gasteiger partial charge in [-0.1, -0.05) is 78.9 Å². The van der Waals surface area contributed by atoms with Crippen LogP contribution in [0.2, 0.25) is 0 Å². The summed E-state index contributed by atoms with van der Waals surface area (Å²) in [4.78, 5) is 1.50. The molecule has 2 unspecified atom stereocenters. The van der Waals surface area contributed by atoms with Gasteiger partial charge < -0.3 is 0 Å². The highest BCUT2D eigenvalue weighted by Gasteiger charge is 2.47. The molecule has 2 aliphatic carbocycles. The highest BCUT2D eigenvalue weighted by molar-refractivity contribution is 7.88. The van der Waals surface area contributed by atoms with E-state index in [0.29, 0.717) is 45.9 Å². The van der Waals surface area contributed by atoms with Crippen molar-refractivity contribution in [3.05, 3.63) is 121 Å². The number of hydrogen-bond acceptors (Lipinski definition) is 6. The van der Waals surface area contributed by atoms with Gasteiger partial charge in [-0.15, -0.1) is 22.7 Å². The molecule has 7 nitrogen and oxygen atoms in total. The molecule has 8 rings (SSSR count). The molecule has 0 radical (unpaired) electrons. The normalized spacial score (nSPS) is 14.8. The van der Waals surface area contributed by atoms with Crippen LogP contribution in [0, 0.1) is 13.8 Å². The van der Waals surface area contributed by atoms with Crippen LogP contribution in [0.3, 0.4) is 0 Å². The topological polar surface area (TPSA) is 90.0 Å². The van der Waals surface area contributed by atoms with Gasteiger partial charge in [-0.05, 0) is 55.3 Å². The van der Waals surface area contributed by atoms with Crippen molar-refractivity contribution in [1.29, 1.82) is 0 Å². The molecule has 16 heteroatoms. The number of alkyl halides is 6. The summed E-state index contributed by atoms with van der Waals surface area (Å²) in [6, 6.07) is 18.4. The van der Waals surface area contributed by atoms with Crippen molar-refractivity contribution in [3.8, 4) is 22.5 Å². The Hall–Kier alpha value is -4.25. The van der Waals surface area contributed by atoms with Crippen molar-refractivity contribution < 1.29 is 39.3 Å². The van der Waals surface area contributed by atoms with Crippen molar-refractivity contribution in [2.75, 3.05) is 0 Å². The van der Waals surface area contributed by atoms with Crippen LogP contribution in [0.25, 0.3) is 22.5 Å². The van der Waals surface area contributed by atoms with E-state index < -0.39 is 34.3 Å². The van der Waals surface area contributed by atoms with Crippen molar-refractivity contribution in [2.24, 2.45) is 0 Å². The van der Waals surface area contributed by atoms with Crippen LogP contribution in [0.4, 0.5) is 26.3 Å². The largest absolute Gasteiger partial charge is 0.397 e. The Labute approximate surface area is 333 Å². The molecule has 2 aromatic carbocycles. The summed E-state index contributed by atoms with van der Waals surface area (Å²) in [6.07, 6.45) is -9.43. The lowest BCUT2D eigenvalue weighted by atomic mass is 9.91. The Morgan fingerprint density at radius 1 is 0.702 bits per heavy atom. The third-order valence-electron chi connectivity index (χ3n) is 11.0. The Morgan fingerprint density at radius 3 is 1.65 bits per heavy atom. The van der Waals surface area contributed by atoms with Crippen molar-refractivity contribution in [1.82, 2.24) is 19.6 Å². The van der Waals surface area contributed by atoms with E-state index in [1.165, 1.54) is 22.1 Å². The van der Waals surface area contributed by atoms with E-state index in [0.717, 1.165) is 44.0 Å². The molecular weight excluding hydrogens is 807 g/mol. The lowest BCUT2D eigenvalue weighted by Crippen LogP contribution is -2.23. The van der Waals surface area contributed by atoms with Crippen LogP contribution < -0.4 is 0 Å². The Balaban J connectivity index is 1.02. The molecule has 6 aromatic rings. The van der Waals surface area contributed by atoms with Gasteiger partial charge in [0.15, 0.2) is 0 Å². The van der Waals surface area contributed by atoms with E-state index in [-0.39, 0.29) is 60.7 Å². The molecule has 0 saturated carbocycles. The lowest BCUT2D eigenvalue weighted by molar-refractivity contribution is -0.153. The van der Waals surface area contributed by atoms with Gasteiger partial charge in [0.05, 0.1) is 47.7 Å². The van der Waals surface area contributed by atoms with Crippen LogP contribution in [-0.2, 0) is 36.0 Å². The van der Waals surface area contributed by atoms with Crippen LogP contribution in [0.1, 0.15) is 98.5 Å². The predicted octanol–water partition coefficient (Wildman–Crippen LogP) is 11.2. The molecule has 0 amide bonds. The minimum atomic E-state index is -4.70. The summed E-state index contributed by atoms with van der Waals surface area (Å²) in [5.41, 5.74) is 6.84. The van der Waals surface area contributed by atoms with Gasteiger partial charge in [0, 0.05) is 44.8 Å². The van der Waals surface area contributed by atoms with Crippen LogP contribution in [0.5, 0.6) is 0 Å². The zero-order valence-corrected chi connectivity index (χ0v) is 33.4. The van der Waals surface area contributed by atoms with Crippen LogP contribution >= 0.6 is 22.7 Å². The van der Waals surface area contributed by atoms with E-state index in [2.05, 4.69) is 10.2 Å². The average Bonchev–Trinajstić information content (AvgIpc) is 3.96. The van der Waals surface area contributed by atoms with Gasteiger partial charge >= 0.3 is 22.5 Å². The maximum absolute atomic E-state index is 14.9. The summed E-state index contributed by atoms with van der Waals surface area (Å²) in [6.45, 7) is 4.30. The molecule has 0 aliphatic heterocycles. The molecule has 0 spiro atoms. The average molecular weight is 845 g/mol. The monoisotopic (exact) mass is 844 g/mol. The maximum atomic E-state index is 14.9. The highest BCUT2D eigenvalue weighted by Crippen LogP contribution is 2.50. The zero-order chi connectivity index (χ0) is 40.4. The smallest absolute Gasteiger partial charge is 0.281 e. The Kier molecular flexibility index (Phi) is 10.3. The first-order chi connectivity index (χ1) is 27.0. The molecule has 2 aliphatic rings. The van der Waals surface area contributed by atoms with Crippen molar-refractivity contribution in [3.63, 3.8) is 0 Å². The van der Waals surface area contributed by atoms with Gasteiger partial charge in [0.1, 0.15) is 4.21 Å². The second-order valence-corrected chi connectivity index (χ2v) is 18.8. The number of benzene rings is 2. The predicted molar refractivity (Wildman–Crippen MR) is 208 cm³/mol. The molecule has 300 valence electrons. The van der Waals surface area contributed by atoms with Gasteiger partial charge in [0.2, 0.25) is 0 Å². The first kappa shape index (κ1) is 39.6. The van der Waals surface area contributed by atoms with E-state index >= 15 is 0 Å². The van der Waals surface area contributed by atoms with Crippen molar-refractivity contribution in [2.45, 2.75) is 100 Å². The van der Waals surface area contributed by atoms with Gasteiger partial charge in [-0.25, -0.2) is 0 Å². The fraction of sp³-hybridized carbons (Fsp3) is 0.366. The molecular formula is C41H38F6N4O3S3. The lowest BCUT2D eigenvalue weighted by Gasteiger charge is -2.21. The molecule has 0 bridgehead atoms. The summed E-state index contributed by atoms with van der Waals surface area (Å²) < 4.78 is 126. The number of fused-ring (bicyclic) bond motifs is 6. The number of nitrogens with zero attached hydrogens (tertiary/aromatic N) is 4. The standard InChI is InChI=1S/C41H38F6N4O3S3/c1-23-8-12-25(13-9-23)21-50-38-27-16-17-55-33(27)18-29(38)36(48-50)31(40(42,43)44)6-4-3-5-7-32(41(45,46)47)37-30-19-34-28(20-35(56-34)57(52,53)54)39(30)51(49-37)22-26-14-10-24(2)11-15-26/h8-17,20,31-32H,3-7,18-19,21-22H2,1-2H3,(H,52,53,54). The number of thiophene rings is 2. The van der Waals surface area contributed by atoms with Crippen molar-refractivity contribution >= 4 is 32.8 Å². The highest BCUT2D eigenvalue weighted by atomic mass is 32.3. The van der Waals surface area contributed by atoms with Gasteiger partial charge in [0.25, 0.3) is 0 Å². The molecule has 4 aromatic heterocycles. The van der Waals surface area contributed by atoms with E-state index in [9.17, 15) is 39.3 Å². The molecule has 57 heavy (non-hydrogen) atoms. The zero-order valence-electron chi connectivity index (χ0n) is 30.9. The summed E-state index contributed by atoms with van der Waals surface area (Å²) in [5, 5.41) is 11.0. The number of halogens is 6. The maximum Gasteiger partial charge on any atom is 0.397 e. The summed E-state index contributed by atoms with van der Waals surface area (Å²) in [7, 11) is -4.54. The van der Waals surface area contributed by atoms with Gasteiger partial charge in [-0.2, -0.15) is 45.0 Å². The first-order valence-electron chi connectivity index (χ1n) is 18.6. The van der Waals surface area contributed by atoms with E-state index in [1.807, 2.05) is 73.8 Å². The number of hydrogen-bond donors (Lipinski definition) is 1. The number of unbranched alkanes of at least 4 members (excludes halogenated alkanes) is 2. The third-order valence-corrected chi connectivity index (χ3v) is 14.3. The van der Waals surface area contributed by atoms with Crippen LogP contribution in [0.15, 0.2) is 70.3 Å². The second kappa shape index (κ2) is 14.8. The molecule has 0 fully saturated rings. The molecule has 0 saturated heterocycles. The minimum Gasteiger partial charge on any atom is -0.281 e. The SMILES string of the molecule is Cc1ccc(Cn2nc(C(CCCCCC(c3nn(Cc4ccc(C)cc4)c4c3Cc3sc(S(=O)(=O)O)cc3-4)C(F)(F)F)C(F)(F)F)c3c2-c2ccsc2C3)cc1. The molecule has 2 atom stereocenters.